The maximum Gasteiger partial charge on any atom is 0.240 e. The van der Waals surface area contributed by atoms with Crippen LogP contribution in [-0.4, -0.2) is 16.7 Å². The predicted octanol–water partition coefficient (Wildman–Crippen LogP) is 5.43. The van der Waals surface area contributed by atoms with Gasteiger partial charge in [0.15, 0.2) is 0 Å². The van der Waals surface area contributed by atoms with Crippen LogP contribution in [0.2, 0.25) is 5.02 Å². The van der Waals surface area contributed by atoms with Crippen molar-refractivity contribution in [1.82, 2.24) is 9.99 Å². The zero-order chi connectivity index (χ0) is 20.8. The number of benzene rings is 3. The van der Waals surface area contributed by atoms with E-state index in [1.807, 2.05) is 66.7 Å². The van der Waals surface area contributed by atoms with Crippen LogP contribution in [0.3, 0.4) is 0 Å². The van der Waals surface area contributed by atoms with Crippen molar-refractivity contribution in [3.8, 4) is 0 Å². The molecular formula is C25H22ClN3O. The lowest BCUT2D eigenvalue weighted by Gasteiger charge is -2.05. The largest absolute Gasteiger partial charge is 0.342 e. The van der Waals surface area contributed by atoms with E-state index in [0.29, 0.717) is 12.8 Å². The average molecular weight is 416 g/mol. The number of hydrogen-bond acceptors (Lipinski definition) is 2. The SMILES string of the molecule is O=C(CCc1ccccc1)N/N=C/c1cn(Cc2ccc(Cl)cc2)c2ccccc12. The number of aryl methyl sites for hydroxylation is 1. The van der Waals surface area contributed by atoms with Crippen molar-refractivity contribution in [2.24, 2.45) is 5.10 Å². The Balaban J connectivity index is 1.44. The molecule has 4 nitrogen and oxygen atoms in total. The second-order valence-corrected chi connectivity index (χ2v) is 7.57. The van der Waals surface area contributed by atoms with Gasteiger partial charge in [-0.3, -0.25) is 4.79 Å². The van der Waals surface area contributed by atoms with Gasteiger partial charge >= 0.3 is 0 Å². The highest BCUT2D eigenvalue weighted by atomic mass is 35.5. The minimum Gasteiger partial charge on any atom is -0.342 e. The zero-order valence-electron chi connectivity index (χ0n) is 16.5. The molecule has 0 radical (unpaired) electrons. The van der Waals surface area contributed by atoms with Gasteiger partial charge in [-0.05, 0) is 35.7 Å². The number of nitrogens with zero attached hydrogens (tertiary/aromatic N) is 2. The standard InChI is InChI=1S/C25H22ClN3O/c26-22-13-10-20(11-14-22)17-29-18-21(23-8-4-5-9-24(23)29)16-27-28-25(30)15-12-19-6-2-1-3-7-19/h1-11,13-14,16,18H,12,15,17H2,(H,28,30)/b27-16+. The molecule has 150 valence electrons. The van der Waals surface area contributed by atoms with E-state index in [1.54, 1.807) is 6.21 Å². The Kier molecular flexibility index (Phi) is 6.26. The summed E-state index contributed by atoms with van der Waals surface area (Å²) in [6, 6.07) is 26.0. The van der Waals surface area contributed by atoms with Crippen molar-refractivity contribution >= 4 is 34.6 Å². The lowest BCUT2D eigenvalue weighted by atomic mass is 10.1. The highest BCUT2D eigenvalue weighted by Crippen LogP contribution is 2.21. The molecule has 4 aromatic rings. The van der Waals surface area contributed by atoms with E-state index in [1.165, 1.54) is 0 Å². The van der Waals surface area contributed by atoms with Crippen LogP contribution in [0.5, 0.6) is 0 Å². The predicted molar refractivity (Wildman–Crippen MR) is 123 cm³/mol. The first-order valence-corrected chi connectivity index (χ1v) is 10.2. The molecular weight excluding hydrogens is 394 g/mol. The van der Waals surface area contributed by atoms with Gasteiger partial charge < -0.3 is 4.57 Å². The second kappa shape index (κ2) is 9.42. The van der Waals surface area contributed by atoms with Crippen LogP contribution in [0.1, 0.15) is 23.1 Å². The highest BCUT2D eigenvalue weighted by Gasteiger charge is 2.07. The number of fused-ring (bicyclic) bond motifs is 1. The summed E-state index contributed by atoms with van der Waals surface area (Å²) in [5.41, 5.74) is 7.02. The maximum atomic E-state index is 12.1. The molecule has 0 atom stereocenters. The minimum atomic E-state index is -0.0972. The van der Waals surface area contributed by atoms with Crippen molar-refractivity contribution in [2.75, 3.05) is 0 Å². The lowest BCUT2D eigenvalue weighted by molar-refractivity contribution is -0.121. The number of halogens is 1. The van der Waals surface area contributed by atoms with Gasteiger partial charge in [-0.2, -0.15) is 5.10 Å². The molecule has 1 N–H and O–H groups in total. The van der Waals surface area contributed by atoms with Crippen molar-refractivity contribution in [1.29, 1.82) is 0 Å². The third kappa shape index (κ3) is 4.97. The Morgan fingerprint density at radius 1 is 0.933 bits per heavy atom. The topological polar surface area (TPSA) is 46.4 Å². The minimum absolute atomic E-state index is 0.0972. The molecule has 0 saturated heterocycles. The first-order chi connectivity index (χ1) is 14.7. The van der Waals surface area contributed by atoms with E-state index >= 15 is 0 Å². The first-order valence-electron chi connectivity index (χ1n) is 9.87. The van der Waals surface area contributed by atoms with Gasteiger partial charge in [-0.1, -0.05) is 72.3 Å². The van der Waals surface area contributed by atoms with Crippen LogP contribution in [0.4, 0.5) is 0 Å². The molecule has 1 aromatic heterocycles. The quantitative estimate of drug-likeness (QED) is 0.317. The number of amides is 1. The number of rotatable bonds is 7. The summed E-state index contributed by atoms with van der Waals surface area (Å²) in [6.45, 7) is 0.731. The number of carbonyl (C=O) groups is 1. The van der Waals surface area contributed by atoms with E-state index in [-0.39, 0.29) is 5.91 Å². The summed E-state index contributed by atoms with van der Waals surface area (Å²) in [7, 11) is 0. The van der Waals surface area contributed by atoms with Crippen molar-refractivity contribution in [3.63, 3.8) is 0 Å². The normalized spacial score (nSPS) is 11.2. The van der Waals surface area contributed by atoms with Gasteiger partial charge in [-0.15, -0.1) is 0 Å². The van der Waals surface area contributed by atoms with Gasteiger partial charge in [0.2, 0.25) is 5.91 Å². The molecule has 3 aromatic carbocycles. The van der Waals surface area contributed by atoms with Crippen molar-refractivity contribution in [2.45, 2.75) is 19.4 Å². The van der Waals surface area contributed by atoms with Crippen molar-refractivity contribution in [3.05, 3.63) is 107 Å². The third-order valence-electron chi connectivity index (χ3n) is 4.96. The Morgan fingerprint density at radius 3 is 2.47 bits per heavy atom. The summed E-state index contributed by atoms with van der Waals surface area (Å²) < 4.78 is 2.18. The third-order valence-corrected chi connectivity index (χ3v) is 5.21. The smallest absolute Gasteiger partial charge is 0.240 e. The fourth-order valence-corrected chi connectivity index (χ4v) is 3.55. The lowest BCUT2D eigenvalue weighted by Crippen LogP contribution is -2.17. The van der Waals surface area contributed by atoms with Gasteiger partial charge in [0, 0.05) is 40.7 Å². The molecule has 0 fully saturated rings. The van der Waals surface area contributed by atoms with Gasteiger partial charge in [0.1, 0.15) is 0 Å². The molecule has 5 heteroatoms. The monoisotopic (exact) mass is 415 g/mol. The van der Waals surface area contributed by atoms with Crippen LogP contribution in [0, 0.1) is 0 Å². The van der Waals surface area contributed by atoms with Crippen LogP contribution >= 0.6 is 11.6 Å². The van der Waals surface area contributed by atoms with E-state index < -0.39 is 0 Å². The van der Waals surface area contributed by atoms with Crippen LogP contribution < -0.4 is 5.43 Å². The van der Waals surface area contributed by atoms with Crippen LogP contribution in [-0.2, 0) is 17.8 Å². The Bertz CT molecular complexity index is 1160. The van der Waals surface area contributed by atoms with E-state index in [0.717, 1.165) is 39.2 Å². The van der Waals surface area contributed by atoms with Gasteiger partial charge in [0.05, 0.1) is 6.21 Å². The molecule has 0 saturated carbocycles. The second-order valence-electron chi connectivity index (χ2n) is 7.13. The summed E-state index contributed by atoms with van der Waals surface area (Å²) >= 11 is 6.00. The number of nitrogens with one attached hydrogen (secondary N) is 1. The molecule has 0 aliphatic rings. The Morgan fingerprint density at radius 2 is 1.67 bits per heavy atom. The maximum absolute atomic E-state index is 12.1. The van der Waals surface area contributed by atoms with E-state index in [9.17, 15) is 4.79 Å². The highest BCUT2D eigenvalue weighted by molar-refractivity contribution is 6.30. The molecule has 4 rings (SSSR count). The van der Waals surface area contributed by atoms with Crippen molar-refractivity contribution < 1.29 is 4.79 Å². The average Bonchev–Trinajstić information content (AvgIpc) is 3.12. The summed E-state index contributed by atoms with van der Waals surface area (Å²) in [5, 5.41) is 6.00. The number of aromatic nitrogens is 1. The van der Waals surface area contributed by atoms with E-state index in [4.69, 9.17) is 11.6 Å². The van der Waals surface area contributed by atoms with Gasteiger partial charge in [0.25, 0.3) is 0 Å². The molecule has 30 heavy (non-hydrogen) atoms. The number of carbonyl (C=O) groups excluding carboxylic acids is 1. The zero-order valence-corrected chi connectivity index (χ0v) is 17.2. The van der Waals surface area contributed by atoms with Crippen LogP contribution in [0.15, 0.2) is 90.2 Å². The number of hydrazone groups is 1. The summed E-state index contributed by atoms with van der Waals surface area (Å²) in [5.74, 6) is -0.0972. The molecule has 1 heterocycles. The Labute approximate surface area is 180 Å². The molecule has 1 amide bonds. The number of hydrogen-bond donors (Lipinski definition) is 1. The fourth-order valence-electron chi connectivity index (χ4n) is 3.43. The molecule has 0 spiro atoms. The molecule has 0 bridgehead atoms. The fraction of sp³-hybridized carbons (Fsp3) is 0.120. The van der Waals surface area contributed by atoms with Crippen LogP contribution in [0.25, 0.3) is 10.9 Å². The van der Waals surface area contributed by atoms with Gasteiger partial charge in [-0.25, -0.2) is 5.43 Å². The summed E-state index contributed by atoms with van der Waals surface area (Å²) in [6.07, 6.45) is 4.86. The van der Waals surface area contributed by atoms with E-state index in [2.05, 4.69) is 33.4 Å². The summed E-state index contributed by atoms with van der Waals surface area (Å²) in [4.78, 5) is 12.1. The molecule has 0 aliphatic carbocycles. The first kappa shape index (κ1) is 19.9. The Hall–Kier alpha value is -3.37. The molecule has 0 unspecified atom stereocenters. The molecule has 0 aliphatic heterocycles. The number of para-hydroxylation sites is 1.